The van der Waals surface area contributed by atoms with Gasteiger partial charge in [0.15, 0.2) is 5.78 Å². The maximum Gasteiger partial charge on any atom is 0.155 e. The van der Waals surface area contributed by atoms with Crippen molar-refractivity contribution in [3.05, 3.63) is 113 Å². The first-order valence-electron chi connectivity index (χ1n) is 13.8. The Morgan fingerprint density at radius 3 is 2.15 bits per heavy atom. The Kier molecular flexibility index (Phi) is 8.41. The molecule has 0 amide bonds. The molecule has 5 aromatic rings. The number of ketones is 1. The summed E-state index contributed by atoms with van der Waals surface area (Å²) in [6.07, 6.45) is 1.17. The molecule has 0 saturated carbocycles. The SMILES string of the molecule is CC(=O)/C=C(/C)O.CC(C)(C)c1cc(-c2nc3ccccc3c3c2C(C)(C)c2ccccc2-3)[c-]c2ccccc12.[Ir]. The Morgan fingerprint density at radius 2 is 1.51 bits per heavy atom. The second kappa shape index (κ2) is 11.4. The minimum Gasteiger partial charge on any atom is -0.512 e. The zero-order valence-corrected chi connectivity index (χ0v) is 27.1. The third-order valence-electron chi connectivity index (χ3n) is 7.64. The fourth-order valence-corrected chi connectivity index (χ4v) is 5.95. The van der Waals surface area contributed by atoms with Gasteiger partial charge in [-0.2, -0.15) is 0 Å². The smallest absolute Gasteiger partial charge is 0.155 e. The van der Waals surface area contributed by atoms with Gasteiger partial charge < -0.3 is 5.11 Å². The van der Waals surface area contributed by atoms with Gasteiger partial charge in [0.2, 0.25) is 0 Å². The summed E-state index contributed by atoms with van der Waals surface area (Å²) < 4.78 is 0. The Hall–Kier alpha value is -3.59. The Bertz CT molecular complexity index is 1800. The van der Waals surface area contributed by atoms with Crippen LogP contribution in [0.3, 0.4) is 0 Å². The fraction of sp³-hybridized carbons (Fsp3) is 0.243. The van der Waals surface area contributed by atoms with Crippen molar-refractivity contribution >= 4 is 27.5 Å². The number of hydrogen-bond donors (Lipinski definition) is 1. The molecule has 0 spiro atoms. The summed E-state index contributed by atoms with van der Waals surface area (Å²) in [7, 11) is 0. The van der Waals surface area contributed by atoms with E-state index in [0.29, 0.717) is 0 Å². The standard InChI is InChI=1S/C32H28N.C5H8O2.Ir/c1-31(2,3)26-19-21(18-20-12-6-7-13-22(20)26)30-29-28(24-15-9-11-17-27(24)33-30)23-14-8-10-16-25(23)32(29,4)5;1-4(6)3-5(2)7;/h6-17,19H,1-5H3;3,6H,1-2H3;/q-1;;/b;4-3-;. The Morgan fingerprint density at radius 1 is 0.902 bits per heavy atom. The van der Waals surface area contributed by atoms with Gasteiger partial charge in [0.05, 0.1) is 11.3 Å². The maximum absolute atomic E-state index is 10.0. The number of carbonyl (C=O) groups is 1. The molecule has 3 nitrogen and oxygen atoms in total. The molecule has 4 heteroatoms. The Balaban J connectivity index is 0.000000434. The van der Waals surface area contributed by atoms with Crippen molar-refractivity contribution in [2.24, 2.45) is 0 Å². The van der Waals surface area contributed by atoms with E-state index in [1.54, 1.807) is 0 Å². The van der Waals surface area contributed by atoms with Crippen molar-refractivity contribution in [2.45, 2.75) is 59.3 Å². The summed E-state index contributed by atoms with van der Waals surface area (Å²) >= 11 is 0. The van der Waals surface area contributed by atoms with Crippen LogP contribution in [-0.2, 0) is 35.7 Å². The number of rotatable bonds is 2. The van der Waals surface area contributed by atoms with E-state index in [0.717, 1.165) is 22.2 Å². The number of nitrogens with zero attached hydrogens (tertiary/aromatic N) is 1. The number of aromatic nitrogens is 1. The number of aliphatic hydroxyl groups is 1. The van der Waals surface area contributed by atoms with Crippen molar-refractivity contribution < 1.29 is 30.0 Å². The number of benzene rings is 4. The van der Waals surface area contributed by atoms with Crippen LogP contribution in [0, 0.1) is 6.07 Å². The topological polar surface area (TPSA) is 50.2 Å². The number of allylic oxidation sites excluding steroid dienone is 2. The van der Waals surface area contributed by atoms with E-state index >= 15 is 0 Å². The van der Waals surface area contributed by atoms with Gasteiger partial charge in [0.25, 0.3) is 0 Å². The van der Waals surface area contributed by atoms with Gasteiger partial charge in [0, 0.05) is 42.7 Å². The van der Waals surface area contributed by atoms with Crippen LogP contribution in [0.5, 0.6) is 0 Å². The third kappa shape index (κ3) is 5.64. The first-order valence-corrected chi connectivity index (χ1v) is 13.8. The molecular weight excluding hydrogens is 683 g/mol. The number of aliphatic hydroxyl groups excluding tert-OH is 1. The van der Waals surface area contributed by atoms with Crippen molar-refractivity contribution in [1.82, 2.24) is 4.98 Å². The second-order valence-corrected chi connectivity index (χ2v) is 12.2. The molecule has 1 aliphatic carbocycles. The minimum absolute atomic E-state index is 0. The van der Waals surface area contributed by atoms with Crippen LogP contribution in [0.25, 0.3) is 44.1 Å². The normalized spacial score (nSPS) is 13.6. The average Bonchev–Trinajstić information content (AvgIpc) is 3.14. The first-order chi connectivity index (χ1) is 18.9. The van der Waals surface area contributed by atoms with E-state index in [2.05, 4.69) is 120 Å². The molecule has 0 unspecified atom stereocenters. The monoisotopic (exact) mass is 719 g/mol. The predicted molar refractivity (Wildman–Crippen MR) is 167 cm³/mol. The van der Waals surface area contributed by atoms with Gasteiger partial charge in [-0.05, 0) is 47.6 Å². The molecule has 41 heavy (non-hydrogen) atoms. The van der Waals surface area contributed by atoms with Crippen LogP contribution in [0.2, 0.25) is 0 Å². The van der Waals surface area contributed by atoms with Crippen LogP contribution < -0.4 is 0 Å². The second-order valence-electron chi connectivity index (χ2n) is 12.2. The molecule has 1 aliphatic rings. The van der Waals surface area contributed by atoms with Crippen LogP contribution in [0.15, 0.2) is 90.7 Å². The summed E-state index contributed by atoms with van der Waals surface area (Å²) in [5.74, 6) is -0.0625. The number of fused-ring (bicyclic) bond motifs is 6. The van der Waals surface area contributed by atoms with Gasteiger partial charge in [-0.15, -0.1) is 29.1 Å². The summed E-state index contributed by atoms with van der Waals surface area (Å²) in [6, 6.07) is 32.1. The zero-order valence-electron chi connectivity index (χ0n) is 24.7. The van der Waals surface area contributed by atoms with Gasteiger partial charge in [0.1, 0.15) is 0 Å². The van der Waals surface area contributed by atoms with E-state index in [1.807, 2.05) is 0 Å². The summed E-state index contributed by atoms with van der Waals surface area (Å²) in [5.41, 5.74) is 9.74. The number of pyridine rings is 1. The molecular formula is C37H36IrNO2-. The van der Waals surface area contributed by atoms with Crippen molar-refractivity contribution in [3.8, 4) is 22.4 Å². The molecule has 1 radical (unpaired) electrons. The van der Waals surface area contributed by atoms with Gasteiger partial charge in [-0.1, -0.05) is 106 Å². The maximum atomic E-state index is 10.0. The molecule has 1 aromatic heterocycles. The van der Waals surface area contributed by atoms with Gasteiger partial charge in [-0.25, -0.2) is 0 Å². The third-order valence-corrected chi connectivity index (χ3v) is 7.64. The molecule has 6 rings (SSSR count). The van der Waals surface area contributed by atoms with Crippen LogP contribution in [0.4, 0.5) is 0 Å². The summed E-state index contributed by atoms with van der Waals surface area (Å²) in [6.45, 7) is 14.4. The van der Waals surface area contributed by atoms with Crippen LogP contribution >= 0.6 is 0 Å². The van der Waals surface area contributed by atoms with E-state index in [9.17, 15) is 4.79 Å². The number of hydrogen-bond acceptors (Lipinski definition) is 3. The molecule has 0 bridgehead atoms. The van der Waals surface area contributed by atoms with E-state index < -0.39 is 0 Å². The van der Waals surface area contributed by atoms with Crippen LogP contribution in [-0.4, -0.2) is 15.9 Å². The quantitative estimate of drug-likeness (QED) is 0.112. The van der Waals surface area contributed by atoms with Gasteiger partial charge >= 0.3 is 0 Å². The van der Waals surface area contributed by atoms with E-state index in [1.165, 1.54) is 58.5 Å². The summed E-state index contributed by atoms with van der Waals surface area (Å²) in [4.78, 5) is 15.3. The molecule has 0 atom stereocenters. The number of carbonyl (C=O) groups excluding carboxylic acids is 1. The van der Waals surface area contributed by atoms with Gasteiger partial charge in [-0.3, -0.25) is 9.78 Å². The molecule has 0 aliphatic heterocycles. The molecule has 0 saturated heterocycles. The fourth-order valence-electron chi connectivity index (χ4n) is 5.95. The molecule has 1 heterocycles. The van der Waals surface area contributed by atoms with Crippen molar-refractivity contribution in [1.29, 1.82) is 0 Å². The van der Waals surface area contributed by atoms with Crippen molar-refractivity contribution in [3.63, 3.8) is 0 Å². The average molecular weight is 719 g/mol. The summed E-state index contributed by atoms with van der Waals surface area (Å²) in [5, 5.41) is 12.0. The first kappa shape index (κ1) is 30.4. The van der Waals surface area contributed by atoms with Crippen LogP contribution in [0.1, 0.15) is 65.2 Å². The van der Waals surface area contributed by atoms with Crippen molar-refractivity contribution in [2.75, 3.05) is 0 Å². The Labute approximate surface area is 256 Å². The van der Waals surface area contributed by atoms with E-state index in [4.69, 9.17) is 10.1 Å². The zero-order chi connectivity index (χ0) is 28.8. The van der Waals surface area contributed by atoms with E-state index in [-0.39, 0.29) is 42.5 Å². The molecule has 4 aromatic carbocycles. The molecule has 1 N–H and O–H groups in total. The predicted octanol–water partition coefficient (Wildman–Crippen LogP) is 9.49. The number of para-hydroxylation sites is 1. The largest absolute Gasteiger partial charge is 0.512 e. The minimum atomic E-state index is -0.139. The molecule has 211 valence electrons. The molecule has 0 fully saturated rings.